The van der Waals surface area contributed by atoms with E-state index in [9.17, 15) is 5.11 Å². The van der Waals surface area contributed by atoms with E-state index >= 15 is 0 Å². The van der Waals surface area contributed by atoms with E-state index in [1.807, 2.05) is 54.2 Å². The molecule has 0 radical (unpaired) electrons. The molecule has 0 aliphatic rings. The van der Waals surface area contributed by atoms with Crippen LogP contribution in [-0.4, -0.2) is 9.67 Å². The second kappa shape index (κ2) is 4.83. The van der Waals surface area contributed by atoms with E-state index in [1.165, 1.54) is 0 Å². The molecule has 1 atom stereocenters. The van der Waals surface area contributed by atoms with E-state index in [0.29, 0.717) is 0 Å². The number of hydrogen-bond donors (Lipinski definition) is 1. The van der Waals surface area contributed by atoms with Crippen LogP contribution in [0.25, 0.3) is 10.9 Å². The van der Waals surface area contributed by atoms with Gasteiger partial charge < -0.3 is 9.67 Å². The fraction of sp³-hybridized carbons (Fsp3) is 0.125. The molecule has 1 aromatic heterocycles. The molecule has 3 rings (SSSR count). The minimum Gasteiger partial charge on any atom is -0.384 e. The smallest absolute Gasteiger partial charge is 0.106 e. The summed E-state index contributed by atoms with van der Waals surface area (Å²) in [6.07, 6.45) is 1.40. The van der Waals surface area contributed by atoms with Gasteiger partial charge in [-0.25, -0.2) is 0 Å². The molecule has 19 heavy (non-hydrogen) atoms. The van der Waals surface area contributed by atoms with Gasteiger partial charge in [0, 0.05) is 28.7 Å². The highest BCUT2D eigenvalue weighted by atomic mass is 79.9. The van der Waals surface area contributed by atoms with Crippen LogP contribution >= 0.6 is 15.9 Å². The lowest BCUT2D eigenvalue weighted by Crippen LogP contribution is -2.02. The highest BCUT2D eigenvalue weighted by Crippen LogP contribution is 2.32. The lowest BCUT2D eigenvalue weighted by atomic mass is 9.99. The summed E-state index contributed by atoms with van der Waals surface area (Å²) in [5.74, 6) is 0. The number of benzene rings is 2. The molecule has 1 unspecified atom stereocenters. The molecule has 0 saturated carbocycles. The molecule has 2 nitrogen and oxygen atoms in total. The molecule has 1 N–H and O–H groups in total. The molecule has 0 fully saturated rings. The van der Waals surface area contributed by atoms with Crippen LogP contribution in [0.2, 0.25) is 0 Å². The van der Waals surface area contributed by atoms with E-state index in [4.69, 9.17) is 0 Å². The highest BCUT2D eigenvalue weighted by molar-refractivity contribution is 9.10. The predicted octanol–water partition coefficient (Wildman–Crippen LogP) is 4.02. The van der Waals surface area contributed by atoms with Gasteiger partial charge in [0.05, 0.1) is 5.52 Å². The second-order valence-corrected chi connectivity index (χ2v) is 5.59. The van der Waals surface area contributed by atoms with Crippen LogP contribution in [0.5, 0.6) is 0 Å². The van der Waals surface area contributed by atoms with E-state index in [1.54, 1.807) is 0 Å². The van der Waals surface area contributed by atoms with Crippen molar-refractivity contribution >= 4 is 26.8 Å². The minimum atomic E-state index is -0.616. The second-order valence-electron chi connectivity index (χ2n) is 4.67. The van der Waals surface area contributed by atoms with Crippen LogP contribution in [-0.2, 0) is 7.05 Å². The number of halogens is 1. The van der Waals surface area contributed by atoms with Gasteiger partial charge in [-0.3, -0.25) is 0 Å². The fourth-order valence-corrected chi connectivity index (χ4v) is 2.96. The zero-order valence-electron chi connectivity index (χ0n) is 10.5. The number of aromatic nitrogens is 1. The summed E-state index contributed by atoms with van der Waals surface area (Å²) in [5, 5.41) is 11.7. The number of aryl methyl sites for hydroxylation is 1. The number of aliphatic hydroxyl groups is 1. The Morgan fingerprint density at radius 3 is 2.58 bits per heavy atom. The Balaban J connectivity index is 2.22. The van der Waals surface area contributed by atoms with E-state index < -0.39 is 6.10 Å². The molecule has 0 bridgehead atoms. The van der Waals surface area contributed by atoms with Crippen molar-refractivity contribution < 1.29 is 5.11 Å². The monoisotopic (exact) mass is 315 g/mol. The first-order chi connectivity index (χ1) is 9.16. The Kier molecular flexibility index (Phi) is 3.17. The Hall–Kier alpha value is -1.58. The summed E-state index contributed by atoms with van der Waals surface area (Å²) < 4.78 is 3.03. The van der Waals surface area contributed by atoms with Gasteiger partial charge >= 0.3 is 0 Å². The van der Waals surface area contributed by atoms with Crippen molar-refractivity contribution in [1.82, 2.24) is 4.57 Å². The molecule has 0 amide bonds. The molecule has 3 aromatic rings. The summed E-state index contributed by atoms with van der Waals surface area (Å²) in [6, 6.07) is 15.8. The standard InChI is InChI=1S/C16H14BrNO/c1-18-8-7-12-9-13(17)10-14(15(12)18)16(19)11-5-3-2-4-6-11/h2-10,16,19H,1H3. The molecule has 0 spiro atoms. The van der Waals surface area contributed by atoms with Crippen molar-refractivity contribution in [1.29, 1.82) is 0 Å². The van der Waals surface area contributed by atoms with Gasteiger partial charge in [-0.15, -0.1) is 0 Å². The van der Waals surface area contributed by atoms with Crippen molar-refractivity contribution in [2.75, 3.05) is 0 Å². The molecular formula is C16H14BrNO. The van der Waals surface area contributed by atoms with Crippen LogP contribution in [0.15, 0.2) is 59.2 Å². The van der Waals surface area contributed by atoms with Crippen molar-refractivity contribution in [3.8, 4) is 0 Å². The van der Waals surface area contributed by atoms with Gasteiger partial charge in [0.2, 0.25) is 0 Å². The van der Waals surface area contributed by atoms with Crippen molar-refractivity contribution in [3.05, 3.63) is 70.3 Å². The van der Waals surface area contributed by atoms with Crippen LogP contribution < -0.4 is 0 Å². The van der Waals surface area contributed by atoms with Crippen LogP contribution in [0.4, 0.5) is 0 Å². The molecule has 0 aliphatic carbocycles. The van der Waals surface area contributed by atoms with E-state index in [-0.39, 0.29) is 0 Å². The Bertz CT molecular complexity index is 718. The molecule has 2 aromatic carbocycles. The van der Waals surface area contributed by atoms with Crippen molar-refractivity contribution in [2.24, 2.45) is 7.05 Å². The summed E-state index contributed by atoms with van der Waals surface area (Å²) in [4.78, 5) is 0. The van der Waals surface area contributed by atoms with Crippen molar-refractivity contribution in [3.63, 3.8) is 0 Å². The van der Waals surface area contributed by atoms with Gasteiger partial charge in [0.25, 0.3) is 0 Å². The zero-order valence-corrected chi connectivity index (χ0v) is 12.1. The molecule has 0 aliphatic heterocycles. The average molecular weight is 316 g/mol. The largest absolute Gasteiger partial charge is 0.384 e. The summed E-state index contributed by atoms with van der Waals surface area (Å²) in [6.45, 7) is 0. The number of fused-ring (bicyclic) bond motifs is 1. The number of hydrogen-bond acceptors (Lipinski definition) is 1. The normalized spacial score (nSPS) is 12.8. The molecular weight excluding hydrogens is 302 g/mol. The van der Waals surface area contributed by atoms with Crippen LogP contribution in [0.1, 0.15) is 17.2 Å². The van der Waals surface area contributed by atoms with Crippen molar-refractivity contribution in [2.45, 2.75) is 6.10 Å². The maximum atomic E-state index is 10.6. The third kappa shape index (κ3) is 2.20. The van der Waals surface area contributed by atoms with Crippen LogP contribution in [0, 0.1) is 0 Å². The number of nitrogens with zero attached hydrogens (tertiary/aromatic N) is 1. The Labute approximate surface area is 120 Å². The molecule has 96 valence electrons. The average Bonchev–Trinajstić information content (AvgIpc) is 2.79. The van der Waals surface area contributed by atoms with Gasteiger partial charge in [-0.2, -0.15) is 0 Å². The van der Waals surface area contributed by atoms with Gasteiger partial charge in [-0.1, -0.05) is 46.3 Å². The Morgan fingerprint density at radius 1 is 1.11 bits per heavy atom. The van der Waals surface area contributed by atoms with Gasteiger partial charge in [0.15, 0.2) is 0 Å². The lowest BCUT2D eigenvalue weighted by molar-refractivity contribution is 0.221. The van der Waals surface area contributed by atoms with Crippen LogP contribution in [0.3, 0.4) is 0 Å². The molecule has 1 heterocycles. The fourth-order valence-electron chi connectivity index (χ4n) is 2.47. The Morgan fingerprint density at radius 2 is 1.84 bits per heavy atom. The number of rotatable bonds is 2. The maximum absolute atomic E-state index is 10.6. The first-order valence-corrected chi connectivity index (χ1v) is 6.93. The topological polar surface area (TPSA) is 25.2 Å². The number of aliphatic hydroxyl groups excluding tert-OH is 1. The zero-order chi connectivity index (χ0) is 13.4. The summed E-state index contributed by atoms with van der Waals surface area (Å²) in [5.41, 5.74) is 2.89. The first kappa shape index (κ1) is 12.5. The third-order valence-corrected chi connectivity index (χ3v) is 3.83. The quantitative estimate of drug-likeness (QED) is 0.759. The summed E-state index contributed by atoms with van der Waals surface area (Å²) >= 11 is 3.51. The first-order valence-electron chi connectivity index (χ1n) is 6.14. The SMILES string of the molecule is Cn1ccc2cc(Br)cc(C(O)c3ccccc3)c21. The molecule has 3 heteroatoms. The minimum absolute atomic E-state index is 0.616. The van der Waals surface area contributed by atoms with E-state index in [0.717, 1.165) is 26.5 Å². The van der Waals surface area contributed by atoms with Gasteiger partial charge in [-0.05, 0) is 23.8 Å². The highest BCUT2D eigenvalue weighted by Gasteiger charge is 2.16. The predicted molar refractivity (Wildman–Crippen MR) is 81.1 cm³/mol. The van der Waals surface area contributed by atoms with E-state index in [2.05, 4.69) is 28.1 Å². The lowest BCUT2D eigenvalue weighted by Gasteiger charge is -2.14. The third-order valence-electron chi connectivity index (χ3n) is 3.37. The molecule has 0 saturated heterocycles. The van der Waals surface area contributed by atoms with Gasteiger partial charge in [0.1, 0.15) is 6.10 Å². The maximum Gasteiger partial charge on any atom is 0.106 e. The summed E-state index contributed by atoms with van der Waals surface area (Å²) in [7, 11) is 2.00.